The van der Waals surface area contributed by atoms with E-state index in [0.717, 1.165) is 25.3 Å². The predicted octanol–water partition coefficient (Wildman–Crippen LogP) is 3.27. The Morgan fingerprint density at radius 3 is 1.97 bits per heavy atom. The second-order valence-electron chi connectivity index (χ2n) is 7.73. The molecule has 166 valence electrons. The Kier molecular flexibility index (Phi) is 13.5. The number of unbranched alkanes of at least 4 members (excludes halogenated alkanes) is 9. The van der Waals surface area contributed by atoms with E-state index < -0.39 is 20.8 Å². The summed E-state index contributed by atoms with van der Waals surface area (Å²) in [5.74, 6) is 0.131. The third-order valence-corrected chi connectivity index (χ3v) is 6.05. The molecule has 1 N–H and O–H groups in total. The van der Waals surface area contributed by atoms with Crippen LogP contribution in [0.5, 0.6) is 17.2 Å². The van der Waals surface area contributed by atoms with Crippen LogP contribution >= 0.6 is 0 Å². The Balaban J connectivity index is 0.00000480. The zero-order valence-electron chi connectivity index (χ0n) is 18.8. The quantitative estimate of drug-likeness (QED) is 0.268. The Morgan fingerprint density at radius 1 is 0.871 bits per heavy atom. The molecule has 0 amide bonds. The standard InChI is InChI=1S/C24H34O5S.Na/c1-2-3-4-5-6-7-8-9-10-12-15-20-18-22(25)24(30(26,27)28)19-23(20)29-21-16-13-11-14-17-21;/h11,13-14,16-19,25H,2-10,12,15H2,1H3,(H,26,27,28);/q;+1/p-1. The van der Waals surface area contributed by atoms with E-state index in [1.165, 1.54) is 51.0 Å². The van der Waals surface area contributed by atoms with Gasteiger partial charge in [-0.15, -0.1) is 0 Å². The van der Waals surface area contributed by atoms with Crippen LogP contribution in [0.25, 0.3) is 0 Å². The number of aryl methyl sites for hydroxylation is 1. The van der Waals surface area contributed by atoms with E-state index in [0.29, 0.717) is 23.5 Å². The molecule has 0 bridgehead atoms. The van der Waals surface area contributed by atoms with E-state index in [2.05, 4.69) is 6.92 Å². The molecule has 31 heavy (non-hydrogen) atoms. The molecule has 0 aliphatic rings. The van der Waals surface area contributed by atoms with Gasteiger partial charge in [0.1, 0.15) is 11.5 Å². The summed E-state index contributed by atoms with van der Waals surface area (Å²) in [6, 6.07) is 11.4. The van der Waals surface area contributed by atoms with Crippen LogP contribution in [0.2, 0.25) is 0 Å². The van der Waals surface area contributed by atoms with Crippen molar-refractivity contribution in [3.8, 4) is 17.2 Å². The van der Waals surface area contributed by atoms with E-state index >= 15 is 0 Å². The first kappa shape index (κ1) is 28.0. The van der Waals surface area contributed by atoms with E-state index in [-0.39, 0.29) is 29.6 Å². The topological polar surface area (TPSA) is 86.7 Å². The predicted molar refractivity (Wildman–Crippen MR) is 118 cm³/mol. The van der Waals surface area contributed by atoms with Gasteiger partial charge in [0, 0.05) is 6.07 Å². The third-order valence-electron chi connectivity index (χ3n) is 5.18. The molecule has 0 saturated carbocycles. The number of para-hydroxylation sites is 1. The van der Waals surface area contributed by atoms with Crippen molar-refractivity contribution < 1.29 is 52.4 Å². The van der Waals surface area contributed by atoms with Crippen molar-refractivity contribution in [3.63, 3.8) is 0 Å². The first-order valence-corrected chi connectivity index (χ1v) is 12.4. The van der Waals surface area contributed by atoms with Gasteiger partial charge < -0.3 is 9.84 Å². The monoisotopic (exact) mass is 456 g/mol. The van der Waals surface area contributed by atoms with Gasteiger partial charge in [-0.2, -0.15) is 8.42 Å². The number of rotatable bonds is 14. The molecule has 2 aromatic rings. The molecular weight excluding hydrogens is 423 g/mol. The maximum absolute atomic E-state index is 12.2. The fraction of sp³-hybridized carbons (Fsp3) is 0.500. The molecule has 0 atom stereocenters. The average molecular weight is 457 g/mol. The van der Waals surface area contributed by atoms with Gasteiger partial charge >= 0.3 is 29.6 Å². The molecule has 7 heteroatoms. The third kappa shape index (κ3) is 10.4. The minimum absolute atomic E-state index is 0. The summed E-state index contributed by atoms with van der Waals surface area (Å²) >= 11 is 0. The first-order chi connectivity index (χ1) is 14.4. The van der Waals surface area contributed by atoms with Crippen molar-refractivity contribution in [2.75, 3.05) is 0 Å². The average Bonchev–Trinajstić information content (AvgIpc) is 2.71. The maximum atomic E-state index is 12.2. The van der Waals surface area contributed by atoms with Crippen molar-refractivity contribution in [1.82, 2.24) is 0 Å². The number of hydrogen-bond donors (Lipinski definition) is 1. The fourth-order valence-electron chi connectivity index (χ4n) is 3.49. The van der Waals surface area contributed by atoms with Crippen LogP contribution in [0, 0.1) is 0 Å². The van der Waals surface area contributed by atoms with Crippen LogP contribution in [0.15, 0.2) is 47.4 Å². The molecule has 0 aliphatic heterocycles. The summed E-state index contributed by atoms with van der Waals surface area (Å²) in [4.78, 5) is -0.653. The number of ether oxygens (including phenoxy) is 1. The van der Waals surface area contributed by atoms with Crippen LogP contribution < -0.4 is 39.4 Å². The number of hydrogen-bond acceptors (Lipinski definition) is 4. The van der Waals surface area contributed by atoms with Gasteiger partial charge in [0.2, 0.25) is 0 Å². The molecule has 0 radical (unpaired) electrons. The van der Waals surface area contributed by atoms with Crippen molar-refractivity contribution in [1.29, 1.82) is 0 Å². The second-order valence-corrected chi connectivity index (χ2v) is 9.12. The normalized spacial score (nSPS) is 11.2. The fourth-order valence-corrected chi connectivity index (χ4v) is 4.06. The van der Waals surface area contributed by atoms with Crippen molar-refractivity contribution >= 4 is 10.1 Å². The largest absolute Gasteiger partial charge is 1.00 e. The van der Waals surface area contributed by atoms with Crippen LogP contribution in [0.4, 0.5) is 0 Å². The summed E-state index contributed by atoms with van der Waals surface area (Å²) < 4.78 is 38.2. The number of benzene rings is 2. The molecule has 0 saturated heterocycles. The van der Waals surface area contributed by atoms with Crippen molar-refractivity contribution in [2.45, 2.75) is 82.4 Å². The second kappa shape index (κ2) is 14.9. The smallest absolute Gasteiger partial charge is 0.872 e. The van der Waals surface area contributed by atoms with Crippen molar-refractivity contribution in [3.05, 3.63) is 48.0 Å². The van der Waals surface area contributed by atoms with Gasteiger partial charge in [0.05, 0.1) is 4.90 Å². The molecule has 0 spiro atoms. The molecule has 0 fully saturated rings. The first-order valence-electron chi connectivity index (χ1n) is 11.0. The zero-order valence-corrected chi connectivity index (χ0v) is 21.6. The minimum Gasteiger partial charge on any atom is -0.872 e. The van der Waals surface area contributed by atoms with E-state index in [9.17, 15) is 18.1 Å². The maximum Gasteiger partial charge on any atom is 1.00 e. The zero-order chi connectivity index (χ0) is 21.8. The van der Waals surface area contributed by atoms with Gasteiger partial charge in [0.25, 0.3) is 10.1 Å². The molecule has 2 aromatic carbocycles. The molecular formula is C24H33NaO5S. The Morgan fingerprint density at radius 2 is 1.42 bits per heavy atom. The minimum atomic E-state index is -4.60. The Hall–Kier alpha value is -1.05. The van der Waals surface area contributed by atoms with Crippen molar-refractivity contribution in [2.24, 2.45) is 0 Å². The van der Waals surface area contributed by atoms with E-state index in [1.54, 1.807) is 12.1 Å². The van der Waals surface area contributed by atoms with Gasteiger partial charge in [-0.1, -0.05) is 94.7 Å². The molecule has 2 rings (SSSR count). The van der Waals surface area contributed by atoms with Gasteiger partial charge in [-0.05, 0) is 30.5 Å². The van der Waals surface area contributed by atoms with Crippen LogP contribution in [0.1, 0.15) is 76.7 Å². The van der Waals surface area contributed by atoms with E-state index in [1.807, 2.05) is 18.2 Å². The molecule has 5 nitrogen and oxygen atoms in total. The van der Waals surface area contributed by atoms with E-state index in [4.69, 9.17) is 4.74 Å². The van der Waals surface area contributed by atoms with Gasteiger partial charge in [-0.25, -0.2) is 0 Å². The molecule has 0 aliphatic carbocycles. The summed E-state index contributed by atoms with van der Waals surface area (Å²) in [5, 5.41) is 12.2. The van der Waals surface area contributed by atoms with Gasteiger partial charge in [0.15, 0.2) is 0 Å². The molecule has 0 aromatic heterocycles. The molecule has 0 unspecified atom stereocenters. The SMILES string of the molecule is CCCCCCCCCCCCc1cc([O-])c(S(=O)(=O)O)cc1Oc1ccccc1.[Na+]. The van der Waals surface area contributed by atoms with Gasteiger partial charge in [-0.3, -0.25) is 4.55 Å². The summed E-state index contributed by atoms with van der Waals surface area (Å²) in [7, 11) is -4.60. The summed E-state index contributed by atoms with van der Waals surface area (Å²) in [5.41, 5.74) is 0.663. The summed E-state index contributed by atoms with van der Waals surface area (Å²) in [6.07, 6.45) is 12.7. The Bertz CT molecular complexity index is 869. The Labute approximate surface area is 209 Å². The van der Waals surface area contributed by atoms with Crippen LogP contribution in [0.3, 0.4) is 0 Å². The van der Waals surface area contributed by atoms with Crippen LogP contribution in [-0.4, -0.2) is 13.0 Å². The molecule has 0 heterocycles. The van der Waals surface area contributed by atoms with Crippen LogP contribution in [-0.2, 0) is 16.5 Å². The summed E-state index contributed by atoms with van der Waals surface area (Å²) in [6.45, 7) is 2.22.